The third-order valence-electron chi connectivity index (χ3n) is 16.1. The Morgan fingerprint density at radius 3 is 2.35 bits per heavy atom. The van der Waals surface area contributed by atoms with Gasteiger partial charge >= 0.3 is 11.9 Å². The molecule has 0 heterocycles. The molecule has 0 aromatic heterocycles. The minimum absolute atomic E-state index is 0.0166. The van der Waals surface area contributed by atoms with E-state index in [0.29, 0.717) is 36.4 Å². The number of aliphatic hydroxyl groups excluding tert-OH is 1. The number of aliphatic carboxylic acids is 1. The van der Waals surface area contributed by atoms with Crippen molar-refractivity contribution in [2.45, 2.75) is 145 Å². The van der Waals surface area contributed by atoms with Crippen molar-refractivity contribution in [3.63, 3.8) is 0 Å². The quantitative estimate of drug-likeness (QED) is 0.205. The van der Waals surface area contributed by atoms with Crippen molar-refractivity contribution >= 4 is 29.3 Å². The highest BCUT2D eigenvalue weighted by molar-refractivity contribution is 6.30. The molecule has 4 fully saturated rings. The highest BCUT2D eigenvalue weighted by atomic mass is 35.5. The zero-order valence-corrected chi connectivity index (χ0v) is 33.9. The number of carboxylic acids is 1. The monoisotopic (exact) mass is 737 g/mol. The van der Waals surface area contributed by atoms with Crippen LogP contribution in [0, 0.1) is 56.2 Å². The van der Waals surface area contributed by atoms with Crippen molar-refractivity contribution in [3.05, 3.63) is 46.0 Å². The number of aliphatic hydroxyl groups is 1. The van der Waals surface area contributed by atoms with Gasteiger partial charge in [-0.25, -0.2) is 0 Å². The number of benzene rings is 1. The van der Waals surface area contributed by atoms with Crippen LogP contribution in [0.4, 0.5) is 0 Å². The normalized spacial score (nSPS) is 37.5. The first-order chi connectivity index (χ1) is 24.1. The number of fused-ring (bicyclic) bond motifs is 7. The average molecular weight is 738 g/mol. The molecule has 0 spiro atoms. The van der Waals surface area contributed by atoms with Crippen LogP contribution in [0.15, 0.2) is 35.4 Å². The molecule has 8 heteroatoms. The second-order valence-electron chi connectivity index (χ2n) is 19.8. The highest BCUT2D eigenvalue weighted by Gasteiger charge is 2.70. The van der Waals surface area contributed by atoms with Gasteiger partial charge in [-0.15, -0.1) is 0 Å². The number of hydrogen-bond acceptors (Lipinski definition) is 6. The fourth-order valence-corrected chi connectivity index (χ4v) is 13.3. The molecular formula is C44H64ClNO6. The smallest absolute Gasteiger partial charge is 0.309 e. The van der Waals surface area contributed by atoms with E-state index >= 15 is 0 Å². The second-order valence-corrected chi connectivity index (χ2v) is 20.3. The molecule has 288 valence electrons. The van der Waals surface area contributed by atoms with E-state index in [-0.39, 0.29) is 51.8 Å². The molecule has 4 saturated carbocycles. The minimum Gasteiger partial charge on any atom is -0.481 e. The molecule has 1 aromatic carbocycles. The Morgan fingerprint density at radius 2 is 1.69 bits per heavy atom. The molecule has 5 aliphatic rings. The third-order valence-corrected chi connectivity index (χ3v) is 16.3. The Morgan fingerprint density at radius 1 is 0.981 bits per heavy atom. The number of halogens is 1. The lowest BCUT2D eigenvalue weighted by Crippen LogP contribution is -2.66. The summed E-state index contributed by atoms with van der Waals surface area (Å²) in [6.07, 6.45) is 7.14. The molecule has 1 aromatic rings. The molecule has 0 radical (unpaired) electrons. The van der Waals surface area contributed by atoms with Gasteiger partial charge in [-0.1, -0.05) is 77.8 Å². The maximum absolute atomic E-state index is 14.0. The van der Waals surface area contributed by atoms with Crippen molar-refractivity contribution in [2.75, 3.05) is 6.54 Å². The Balaban J connectivity index is 1.26. The van der Waals surface area contributed by atoms with E-state index in [1.165, 1.54) is 5.57 Å². The topological polar surface area (TPSA) is 113 Å². The molecule has 52 heavy (non-hydrogen) atoms. The summed E-state index contributed by atoms with van der Waals surface area (Å²) in [7, 11) is 0. The lowest BCUT2D eigenvalue weighted by atomic mass is 9.33. The standard InChI is InChI=1S/C44H64ClNO6/c1-26(2)36-30(47)22-44(33(48)25-46-24-27-11-10-12-28(45)21-27)20-19-42(8)29(37(36)44)13-14-32-41(7)17-16-34(52-35(49)23-39(3,4)38(50)51)40(5,6)31(41)15-18-43(32,42)9/h10-12,21,26,29,31-34,46,48H,13-20,22-25H2,1-9H3,(H,50,51)/t29-,31+,32-,33-,34+,41+,42-,43-,44-/m1/s1. The number of Topliss-reactive ketones (excluding diaryl/α,β-unsaturated/α-hetero) is 1. The summed E-state index contributed by atoms with van der Waals surface area (Å²) in [5, 5.41) is 25.9. The van der Waals surface area contributed by atoms with E-state index in [2.05, 4.69) is 53.8 Å². The van der Waals surface area contributed by atoms with Crippen molar-refractivity contribution in [1.29, 1.82) is 0 Å². The van der Waals surface area contributed by atoms with E-state index in [4.69, 9.17) is 16.3 Å². The largest absolute Gasteiger partial charge is 0.481 e. The van der Waals surface area contributed by atoms with E-state index in [9.17, 15) is 24.6 Å². The predicted molar refractivity (Wildman–Crippen MR) is 205 cm³/mol. The maximum Gasteiger partial charge on any atom is 0.309 e. The van der Waals surface area contributed by atoms with Gasteiger partial charge in [-0.2, -0.15) is 0 Å². The Kier molecular flexibility index (Phi) is 10.3. The van der Waals surface area contributed by atoms with Gasteiger partial charge in [-0.05, 0) is 128 Å². The summed E-state index contributed by atoms with van der Waals surface area (Å²) < 4.78 is 6.16. The third kappa shape index (κ3) is 6.11. The lowest BCUT2D eigenvalue weighted by molar-refractivity contribution is -0.235. The van der Waals surface area contributed by atoms with E-state index < -0.39 is 28.9 Å². The van der Waals surface area contributed by atoms with E-state index in [0.717, 1.165) is 62.5 Å². The average Bonchev–Trinajstić information content (AvgIpc) is 3.36. The number of carboxylic acid groups (broad SMARTS) is 1. The molecule has 7 nitrogen and oxygen atoms in total. The fraction of sp³-hybridized carbons (Fsp3) is 0.750. The van der Waals surface area contributed by atoms with Crippen molar-refractivity contribution < 1.29 is 29.3 Å². The van der Waals surface area contributed by atoms with Gasteiger partial charge in [0.15, 0.2) is 5.78 Å². The van der Waals surface area contributed by atoms with Crippen LogP contribution in [0.3, 0.4) is 0 Å². The van der Waals surface area contributed by atoms with Gasteiger partial charge < -0.3 is 20.3 Å². The Labute approximate surface area is 317 Å². The molecule has 0 bridgehead atoms. The number of carbonyl (C=O) groups excluding carboxylic acids is 2. The molecule has 9 atom stereocenters. The van der Waals surface area contributed by atoms with E-state index in [1.54, 1.807) is 13.8 Å². The predicted octanol–water partition coefficient (Wildman–Crippen LogP) is 9.18. The Bertz CT molecular complexity index is 1630. The first kappa shape index (κ1) is 39.5. The van der Waals surface area contributed by atoms with Gasteiger partial charge in [-0.3, -0.25) is 14.4 Å². The summed E-state index contributed by atoms with van der Waals surface area (Å²) in [6, 6.07) is 7.80. The number of carbonyl (C=O) groups is 3. The number of rotatable bonds is 10. The van der Waals surface area contributed by atoms with Crippen LogP contribution in [0.5, 0.6) is 0 Å². The molecule has 3 N–H and O–H groups in total. The van der Waals surface area contributed by atoms with Crippen LogP contribution in [-0.4, -0.2) is 46.7 Å². The number of ketones is 1. The second kappa shape index (κ2) is 13.5. The first-order valence-corrected chi connectivity index (χ1v) is 20.4. The van der Waals surface area contributed by atoms with Crippen LogP contribution in [0.2, 0.25) is 5.02 Å². The molecule has 0 saturated heterocycles. The Hall–Kier alpha value is -2.22. The molecule has 0 amide bonds. The van der Waals surface area contributed by atoms with Crippen LogP contribution in [0.1, 0.15) is 132 Å². The molecule has 0 aliphatic heterocycles. The van der Waals surface area contributed by atoms with E-state index in [1.807, 2.05) is 24.3 Å². The van der Waals surface area contributed by atoms with Gasteiger partial charge in [0.05, 0.1) is 17.9 Å². The number of esters is 1. The highest BCUT2D eigenvalue weighted by Crippen LogP contribution is 2.77. The summed E-state index contributed by atoms with van der Waals surface area (Å²) in [4.78, 5) is 38.8. The summed E-state index contributed by atoms with van der Waals surface area (Å²) >= 11 is 6.24. The molecule has 0 unspecified atom stereocenters. The summed E-state index contributed by atoms with van der Waals surface area (Å²) in [6.45, 7) is 20.6. The van der Waals surface area contributed by atoms with Gasteiger partial charge in [0, 0.05) is 35.4 Å². The minimum atomic E-state index is -1.17. The summed E-state index contributed by atoms with van der Waals surface area (Å²) in [5.41, 5.74) is 1.49. The maximum atomic E-state index is 14.0. The SMILES string of the molecule is CC(C)C1=C2[C@H]3CC[C@@H]4[C@@]5(C)CC[C@H](OC(=O)CC(C)(C)C(=O)O)C(C)(C)[C@@H]5CC[C@@]4(C)[C@]3(C)CC[C@]2([C@H](O)CNCc2cccc(Cl)c2)CC1=O. The van der Waals surface area contributed by atoms with Crippen LogP contribution >= 0.6 is 11.6 Å². The zero-order chi connectivity index (χ0) is 38.2. The number of hydrogen-bond donors (Lipinski definition) is 3. The van der Waals surface area contributed by atoms with Gasteiger partial charge in [0.25, 0.3) is 0 Å². The number of ether oxygens (including phenoxy) is 1. The molecule has 5 aliphatic carbocycles. The summed E-state index contributed by atoms with van der Waals surface area (Å²) in [5.74, 6) is 0.0236. The van der Waals surface area contributed by atoms with Crippen LogP contribution < -0.4 is 5.32 Å². The van der Waals surface area contributed by atoms with Crippen LogP contribution in [-0.2, 0) is 25.7 Å². The van der Waals surface area contributed by atoms with Crippen LogP contribution in [0.25, 0.3) is 0 Å². The molecular weight excluding hydrogens is 674 g/mol. The number of nitrogens with one attached hydrogen (secondary N) is 1. The van der Waals surface area contributed by atoms with Crippen molar-refractivity contribution in [1.82, 2.24) is 5.32 Å². The lowest BCUT2D eigenvalue weighted by Gasteiger charge is -2.72. The zero-order valence-electron chi connectivity index (χ0n) is 33.2. The first-order valence-electron chi connectivity index (χ1n) is 20.0. The number of allylic oxidation sites excluding steroid dienone is 1. The van der Waals surface area contributed by atoms with Crippen molar-refractivity contribution in [2.24, 2.45) is 56.2 Å². The van der Waals surface area contributed by atoms with Crippen molar-refractivity contribution in [3.8, 4) is 0 Å². The fourth-order valence-electron chi connectivity index (χ4n) is 13.1. The van der Waals surface area contributed by atoms with Gasteiger partial charge in [0.1, 0.15) is 6.10 Å². The molecule has 6 rings (SSSR count). The van der Waals surface area contributed by atoms with Gasteiger partial charge in [0.2, 0.25) is 0 Å².